The van der Waals surface area contributed by atoms with Gasteiger partial charge < -0.3 is 10.8 Å². The van der Waals surface area contributed by atoms with Crippen molar-refractivity contribution in [1.29, 1.82) is 0 Å². The maximum atomic E-state index is 12.9. The van der Waals surface area contributed by atoms with E-state index in [1.807, 2.05) is 0 Å². The van der Waals surface area contributed by atoms with Gasteiger partial charge in [-0.1, -0.05) is 18.2 Å². The van der Waals surface area contributed by atoms with Crippen molar-refractivity contribution < 1.29 is 18.3 Å². The fourth-order valence-electron chi connectivity index (χ4n) is 2.05. The summed E-state index contributed by atoms with van der Waals surface area (Å²) in [4.78, 5) is 0. The van der Waals surface area contributed by atoms with Crippen molar-refractivity contribution in [3.8, 4) is 5.69 Å². The van der Waals surface area contributed by atoms with E-state index >= 15 is 0 Å². The second kappa shape index (κ2) is 4.52. The van der Waals surface area contributed by atoms with E-state index < -0.39 is 17.3 Å². The second-order valence-corrected chi connectivity index (χ2v) is 4.66. The molecule has 0 saturated heterocycles. The molecule has 4 nitrogen and oxygen atoms in total. The molecule has 3 N–H and O–H groups in total. The lowest BCUT2D eigenvalue weighted by Gasteiger charge is -2.26. The van der Waals surface area contributed by atoms with E-state index in [2.05, 4.69) is 5.10 Å². The number of hydrogen-bond donors (Lipinski definition) is 2. The van der Waals surface area contributed by atoms with Crippen LogP contribution in [0.1, 0.15) is 18.2 Å². The summed E-state index contributed by atoms with van der Waals surface area (Å²) in [6.45, 7) is 2.05. The van der Waals surface area contributed by atoms with Crippen molar-refractivity contribution in [2.75, 3.05) is 5.73 Å². The van der Waals surface area contributed by atoms with Crippen molar-refractivity contribution in [1.82, 2.24) is 9.78 Å². The largest absolute Gasteiger partial charge is 0.421 e. The summed E-state index contributed by atoms with van der Waals surface area (Å²) in [6, 6.07) is 8.52. The van der Waals surface area contributed by atoms with Crippen LogP contribution in [-0.4, -0.2) is 21.1 Å². The number of nitrogen functional groups attached to an aromatic ring is 1. The van der Waals surface area contributed by atoms with Gasteiger partial charge in [-0.2, -0.15) is 18.3 Å². The molecular weight excluding hydrogens is 271 g/mol. The van der Waals surface area contributed by atoms with Gasteiger partial charge in [0.25, 0.3) is 0 Å². The molecule has 1 aromatic carbocycles. The monoisotopic (exact) mass is 285 g/mol. The topological polar surface area (TPSA) is 64.1 Å². The lowest BCUT2D eigenvalue weighted by atomic mass is 9.95. The molecule has 0 fully saturated rings. The highest BCUT2D eigenvalue weighted by molar-refractivity contribution is 5.52. The molecule has 1 aromatic heterocycles. The standard InChI is InChI=1S/C13H14F3N3O/c1-8-10(12(2,20)13(14,15)16)11(17)19(18-8)9-6-4-3-5-7-9/h3-7,20H,17H2,1-2H3. The van der Waals surface area contributed by atoms with Crippen molar-refractivity contribution in [2.45, 2.75) is 25.6 Å². The molecule has 0 aliphatic rings. The molecule has 0 aliphatic heterocycles. The van der Waals surface area contributed by atoms with Gasteiger partial charge in [0.2, 0.25) is 0 Å². The van der Waals surface area contributed by atoms with Crippen LogP contribution in [-0.2, 0) is 5.60 Å². The van der Waals surface area contributed by atoms with Gasteiger partial charge in [-0.25, -0.2) is 4.68 Å². The number of rotatable bonds is 2. The molecule has 0 bridgehead atoms. The first-order valence-electron chi connectivity index (χ1n) is 5.86. The van der Waals surface area contributed by atoms with E-state index in [-0.39, 0.29) is 11.5 Å². The van der Waals surface area contributed by atoms with E-state index in [0.29, 0.717) is 12.6 Å². The summed E-state index contributed by atoms with van der Waals surface area (Å²) in [5, 5.41) is 13.8. The van der Waals surface area contributed by atoms with Crippen LogP contribution in [0.2, 0.25) is 0 Å². The number of halogens is 3. The van der Waals surface area contributed by atoms with Crippen LogP contribution in [0.5, 0.6) is 0 Å². The van der Waals surface area contributed by atoms with Crippen LogP contribution >= 0.6 is 0 Å². The minimum absolute atomic E-state index is 0.0358. The first kappa shape index (κ1) is 14.4. The molecule has 0 saturated carbocycles. The molecular formula is C13H14F3N3O. The Balaban J connectivity index is 2.62. The lowest BCUT2D eigenvalue weighted by molar-refractivity contribution is -0.258. The van der Waals surface area contributed by atoms with Crippen LogP contribution in [0.4, 0.5) is 19.0 Å². The lowest BCUT2D eigenvalue weighted by Crippen LogP contribution is -2.40. The quantitative estimate of drug-likeness (QED) is 0.891. The third-order valence-electron chi connectivity index (χ3n) is 3.14. The average molecular weight is 285 g/mol. The maximum absolute atomic E-state index is 12.9. The number of anilines is 1. The zero-order valence-electron chi connectivity index (χ0n) is 10.9. The molecule has 0 amide bonds. The summed E-state index contributed by atoms with van der Waals surface area (Å²) in [7, 11) is 0. The van der Waals surface area contributed by atoms with Crippen LogP contribution in [0.3, 0.4) is 0 Å². The molecule has 0 aliphatic carbocycles. The Morgan fingerprint density at radius 2 is 1.75 bits per heavy atom. The molecule has 7 heteroatoms. The Hall–Kier alpha value is -2.02. The van der Waals surface area contributed by atoms with Crippen molar-refractivity contribution in [3.05, 3.63) is 41.6 Å². The van der Waals surface area contributed by atoms with Gasteiger partial charge in [0.05, 0.1) is 16.9 Å². The highest BCUT2D eigenvalue weighted by Gasteiger charge is 2.54. The first-order chi connectivity index (χ1) is 9.16. The number of aromatic nitrogens is 2. The Kier molecular flexibility index (Phi) is 3.25. The minimum atomic E-state index is -4.84. The van der Waals surface area contributed by atoms with Crippen molar-refractivity contribution in [2.24, 2.45) is 0 Å². The van der Waals surface area contributed by atoms with Gasteiger partial charge in [-0.3, -0.25) is 0 Å². The normalized spacial score (nSPS) is 15.1. The highest BCUT2D eigenvalue weighted by atomic mass is 19.4. The third kappa shape index (κ3) is 2.14. The molecule has 20 heavy (non-hydrogen) atoms. The molecule has 0 radical (unpaired) electrons. The van der Waals surface area contributed by atoms with Gasteiger partial charge in [-0.15, -0.1) is 0 Å². The van der Waals surface area contributed by atoms with E-state index in [1.54, 1.807) is 30.3 Å². The second-order valence-electron chi connectivity index (χ2n) is 4.66. The number of aryl methyl sites for hydroxylation is 1. The van der Waals surface area contributed by atoms with E-state index in [1.165, 1.54) is 11.6 Å². The molecule has 108 valence electrons. The molecule has 2 rings (SSSR count). The van der Waals surface area contributed by atoms with Crippen LogP contribution in [0, 0.1) is 6.92 Å². The first-order valence-corrected chi connectivity index (χ1v) is 5.86. The van der Waals surface area contributed by atoms with Gasteiger partial charge >= 0.3 is 6.18 Å². The zero-order chi connectivity index (χ0) is 15.1. The van der Waals surface area contributed by atoms with Crippen molar-refractivity contribution in [3.63, 3.8) is 0 Å². The number of aliphatic hydroxyl groups is 1. The Bertz CT molecular complexity index is 618. The number of alkyl halides is 3. The Morgan fingerprint density at radius 1 is 1.20 bits per heavy atom. The fraction of sp³-hybridized carbons (Fsp3) is 0.308. The van der Waals surface area contributed by atoms with E-state index in [9.17, 15) is 18.3 Å². The van der Waals surface area contributed by atoms with Crippen molar-refractivity contribution >= 4 is 5.82 Å². The number of para-hydroxylation sites is 1. The summed E-state index contributed by atoms with van der Waals surface area (Å²) < 4.78 is 40.0. The Labute approximate surface area is 113 Å². The minimum Gasteiger partial charge on any atom is -0.383 e. The van der Waals surface area contributed by atoms with Gasteiger partial charge in [-0.05, 0) is 26.0 Å². The number of benzene rings is 1. The van der Waals surface area contributed by atoms with Gasteiger partial charge in [0.1, 0.15) is 5.82 Å². The predicted octanol–water partition coefficient (Wildman–Crippen LogP) is 2.53. The Morgan fingerprint density at radius 3 is 2.25 bits per heavy atom. The fourth-order valence-corrected chi connectivity index (χ4v) is 2.05. The number of nitrogens with two attached hydrogens (primary N) is 1. The predicted molar refractivity (Wildman–Crippen MR) is 68.3 cm³/mol. The van der Waals surface area contributed by atoms with Gasteiger partial charge in [0.15, 0.2) is 5.60 Å². The average Bonchev–Trinajstić information content (AvgIpc) is 2.65. The molecule has 1 heterocycles. The van der Waals surface area contributed by atoms with E-state index in [0.717, 1.165) is 0 Å². The molecule has 0 spiro atoms. The van der Waals surface area contributed by atoms with E-state index in [4.69, 9.17) is 5.73 Å². The summed E-state index contributed by atoms with van der Waals surface area (Å²) in [6.07, 6.45) is -4.84. The van der Waals surface area contributed by atoms with Gasteiger partial charge in [0, 0.05) is 0 Å². The number of hydrogen-bond acceptors (Lipinski definition) is 3. The molecule has 2 aromatic rings. The summed E-state index contributed by atoms with van der Waals surface area (Å²) in [5.41, 5.74) is 2.85. The SMILES string of the molecule is Cc1nn(-c2ccccc2)c(N)c1C(C)(O)C(F)(F)F. The smallest absolute Gasteiger partial charge is 0.383 e. The maximum Gasteiger partial charge on any atom is 0.421 e. The highest BCUT2D eigenvalue weighted by Crippen LogP contribution is 2.42. The summed E-state index contributed by atoms with van der Waals surface area (Å²) >= 11 is 0. The van der Waals surface area contributed by atoms with Crippen LogP contribution < -0.4 is 5.73 Å². The summed E-state index contributed by atoms with van der Waals surface area (Å²) in [5.74, 6) is -0.226. The molecule has 1 atom stereocenters. The van der Waals surface area contributed by atoms with Crippen LogP contribution in [0.25, 0.3) is 5.69 Å². The zero-order valence-corrected chi connectivity index (χ0v) is 10.9. The molecule has 1 unspecified atom stereocenters. The van der Waals surface area contributed by atoms with Crippen LogP contribution in [0.15, 0.2) is 30.3 Å². The third-order valence-corrected chi connectivity index (χ3v) is 3.14. The number of nitrogens with zero attached hydrogens (tertiary/aromatic N) is 2.